The van der Waals surface area contributed by atoms with Crippen LogP contribution in [0.3, 0.4) is 0 Å². The summed E-state index contributed by atoms with van der Waals surface area (Å²) in [6.07, 6.45) is 1.42. The first-order chi connectivity index (χ1) is 12.5. The number of para-hydroxylation sites is 2. The van der Waals surface area contributed by atoms with Gasteiger partial charge in [0.25, 0.3) is 6.01 Å². The third kappa shape index (κ3) is 3.81. The van der Waals surface area contributed by atoms with Crippen molar-refractivity contribution in [1.29, 1.82) is 0 Å². The summed E-state index contributed by atoms with van der Waals surface area (Å²) < 4.78 is 10.5. The molecule has 0 saturated carbocycles. The molecule has 1 aliphatic heterocycles. The van der Waals surface area contributed by atoms with Crippen LogP contribution >= 0.6 is 0 Å². The van der Waals surface area contributed by atoms with E-state index in [9.17, 15) is 9.59 Å². The number of hydrogen-bond acceptors (Lipinski definition) is 6. The maximum atomic E-state index is 12.8. The molecule has 0 bridgehead atoms. The number of piperidine rings is 1. The second kappa shape index (κ2) is 7.76. The molecule has 1 amide bonds. The summed E-state index contributed by atoms with van der Waals surface area (Å²) >= 11 is 0. The smallest absolute Gasteiger partial charge is 0.325 e. The minimum Gasteiger partial charge on any atom is -0.468 e. The van der Waals surface area contributed by atoms with Gasteiger partial charge in [-0.05, 0) is 38.8 Å². The molecule has 7 nitrogen and oxygen atoms in total. The molecule has 1 aliphatic rings. The molecule has 1 aromatic heterocycles. The van der Waals surface area contributed by atoms with Crippen molar-refractivity contribution in [1.82, 2.24) is 9.88 Å². The van der Waals surface area contributed by atoms with E-state index in [4.69, 9.17) is 9.15 Å². The number of esters is 1. The summed E-state index contributed by atoms with van der Waals surface area (Å²) in [5, 5.41) is 0. The molecule has 0 radical (unpaired) electrons. The number of hydrogen-bond donors (Lipinski definition) is 0. The molecule has 26 heavy (non-hydrogen) atoms. The third-order valence-electron chi connectivity index (χ3n) is 4.83. The predicted octanol–water partition coefficient (Wildman–Crippen LogP) is 2.45. The van der Waals surface area contributed by atoms with Gasteiger partial charge in [-0.3, -0.25) is 9.59 Å². The third-order valence-corrected chi connectivity index (χ3v) is 4.83. The number of methoxy groups -OCH3 is 1. The van der Waals surface area contributed by atoms with Gasteiger partial charge in [0.2, 0.25) is 5.91 Å². The lowest BCUT2D eigenvalue weighted by molar-refractivity contribution is -0.150. The zero-order valence-electron chi connectivity index (χ0n) is 15.5. The summed E-state index contributed by atoms with van der Waals surface area (Å²) in [7, 11) is 1.34. The number of fused-ring (bicyclic) bond motifs is 1. The van der Waals surface area contributed by atoms with Crippen LogP contribution < -0.4 is 4.90 Å². The molecule has 0 aliphatic carbocycles. The molecule has 140 valence electrons. The molecule has 0 unspecified atom stereocenters. The standard InChI is InChI=1S/C19H25N3O4/c1-13(2)22(12-17(23)25-3)18(24)14-8-10-21(11-9-14)19-20-15-6-4-5-7-16(15)26-19/h4-7,13-14H,8-12H2,1-3H3. The van der Waals surface area contributed by atoms with Gasteiger partial charge >= 0.3 is 5.97 Å². The summed E-state index contributed by atoms with van der Waals surface area (Å²) in [5.74, 6) is -0.471. The van der Waals surface area contributed by atoms with Gasteiger partial charge in [-0.15, -0.1) is 0 Å². The number of oxazole rings is 1. The first-order valence-electron chi connectivity index (χ1n) is 8.97. The first kappa shape index (κ1) is 18.2. The fraction of sp³-hybridized carbons (Fsp3) is 0.526. The Labute approximate surface area is 152 Å². The van der Waals surface area contributed by atoms with Gasteiger partial charge < -0.3 is 19.0 Å². The molecule has 2 heterocycles. The lowest BCUT2D eigenvalue weighted by Gasteiger charge is -2.34. The Kier molecular flexibility index (Phi) is 5.44. The number of ether oxygens (including phenoxy) is 1. The molecule has 1 saturated heterocycles. The van der Waals surface area contributed by atoms with Gasteiger partial charge in [0.1, 0.15) is 12.1 Å². The van der Waals surface area contributed by atoms with Crippen LogP contribution in [0.2, 0.25) is 0 Å². The van der Waals surface area contributed by atoms with E-state index >= 15 is 0 Å². The minimum absolute atomic E-state index is 0.00164. The van der Waals surface area contributed by atoms with Crippen molar-refractivity contribution in [2.75, 3.05) is 31.6 Å². The van der Waals surface area contributed by atoms with Crippen LogP contribution in [0.4, 0.5) is 6.01 Å². The number of nitrogens with zero attached hydrogens (tertiary/aromatic N) is 3. The summed E-state index contributed by atoms with van der Waals surface area (Å²) in [4.78, 5) is 32.6. The van der Waals surface area contributed by atoms with Gasteiger partial charge in [-0.2, -0.15) is 4.98 Å². The minimum atomic E-state index is -0.393. The number of benzene rings is 1. The Balaban J connectivity index is 1.63. The van der Waals surface area contributed by atoms with Crippen molar-refractivity contribution in [3.63, 3.8) is 0 Å². The van der Waals surface area contributed by atoms with Crippen LogP contribution in [-0.4, -0.2) is 54.5 Å². The van der Waals surface area contributed by atoms with Crippen LogP contribution in [0.5, 0.6) is 0 Å². The van der Waals surface area contributed by atoms with Crippen LogP contribution in [0.25, 0.3) is 11.1 Å². The average Bonchev–Trinajstić information content (AvgIpc) is 3.09. The molecule has 0 N–H and O–H groups in total. The monoisotopic (exact) mass is 359 g/mol. The Morgan fingerprint density at radius 1 is 1.31 bits per heavy atom. The molecular formula is C19H25N3O4. The highest BCUT2D eigenvalue weighted by Crippen LogP contribution is 2.27. The summed E-state index contributed by atoms with van der Waals surface area (Å²) in [6, 6.07) is 8.23. The van der Waals surface area contributed by atoms with Gasteiger partial charge in [-0.25, -0.2) is 0 Å². The van der Waals surface area contributed by atoms with Crippen LogP contribution in [-0.2, 0) is 14.3 Å². The molecule has 3 rings (SSSR count). The molecule has 0 atom stereocenters. The van der Waals surface area contributed by atoms with Crippen molar-refractivity contribution in [3.8, 4) is 0 Å². The molecule has 1 fully saturated rings. The molecule has 1 aromatic carbocycles. The highest BCUT2D eigenvalue weighted by Gasteiger charge is 2.32. The van der Waals surface area contributed by atoms with Gasteiger partial charge in [0.05, 0.1) is 7.11 Å². The predicted molar refractivity (Wildman–Crippen MR) is 97.8 cm³/mol. The van der Waals surface area contributed by atoms with E-state index in [1.807, 2.05) is 38.1 Å². The number of anilines is 1. The van der Waals surface area contributed by atoms with Crippen LogP contribution in [0, 0.1) is 5.92 Å². The van der Waals surface area contributed by atoms with E-state index in [1.165, 1.54) is 7.11 Å². The average molecular weight is 359 g/mol. The van der Waals surface area contributed by atoms with Crippen molar-refractivity contribution >= 4 is 29.0 Å². The second-order valence-electron chi connectivity index (χ2n) is 6.86. The highest BCUT2D eigenvalue weighted by molar-refractivity contribution is 5.84. The highest BCUT2D eigenvalue weighted by atomic mass is 16.5. The quantitative estimate of drug-likeness (QED) is 0.764. The Morgan fingerprint density at radius 3 is 2.62 bits per heavy atom. The molecule has 2 aromatic rings. The Hall–Kier alpha value is -2.57. The van der Waals surface area contributed by atoms with E-state index in [0.29, 0.717) is 31.9 Å². The van der Waals surface area contributed by atoms with Gasteiger partial charge in [-0.1, -0.05) is 12.1 Å². The number of carbonyl (C=O) groups excluding carboxylic acids is 2. The van der Waals surface area contributed by atoms with Crippen molar-refractivity contribution in [2.24, 2.45) is 5.92 Å². The van der Waals surface area contributed by atoms with E-state index in [0.717, 1.165) is 11.1 Å². The van der Waals surface area contributed by atoms with Crippen molar-refractivity contribution in [3.05, 3.63) is 24.3 Å². The normalized spacial score (nSPS) is 15.5. The van der Waals surface area contributed by atoms with Crippen LogP contribution in [0.1, 0.15) is 26.7 Å². The number of aromatic nitrogens is 1. The second-order valence-corrected chi connectivity index (χ2v) is 6.86. The first-order valence-corrected chi connectivity index (χ1v) is 8.97. The van der Waals surface area contributed by atoms with E-state index in [1.54, 1.807) is 4.90 Å². The fourth-order valence-corrected chi connectivity index (χ4v) is 3.27. The lowest BCUT2D eigenvalue weighted by Crippen LogP contribution is -2.47. The largest absolute Gasteiger partial charge is 0.468 e. The number of amides is 1. The number of carbonyl (C=O) groups is 2. The molecule has 0 spiro atoms. The molecule has 7 heteroatoms. The van der Waals surface area contributed by atoms with Gasteiger partial charge in [0.15, 0.2) is 5.58 Å². The van der Waals surface area contributed by atoms with Crippen LogP contribution in [0.15, 0.2) is 28.7 Å². The zero-order valence-corrected chi connectivity index (χ0v) is 15.5. The fourth-order valence-electron chi connectivity index (χ4n) is 3.27. The summed E-state index contributed by atoms with van der Waals surface area (Å²) in [5.41, 5.74) is 1.61. The Morgan fingerprint density at radius 2 is 2.00 bits per heavy atom. The summed E-state index contributed by atoms with van der Waals surface area (Å²) in [6.45, 7) is 5.22. The maximum Gasteiger partial charge on any atom is 0.325 e. The molecular weight excluding hydrogens is 334 g/mol. The SMILES string of the molecule is COC(=O)CN(C(=O)C1CCN(c2nc3ccccc3o2)CC1)C(C)C. The van der Waals surface area contributed by atoms with E-state index in [-0.39, 0.29) is 24.4 Å². The van der Waals surface area contributed by atoms with Crippen molar-refractivity contribution in [2.45, 2.75) is 32.7 Å². The number of rotatable bonds is 5. The zero-order chi connectivity index (χ0) is 18.7. The lowest BCUT2D eigenvalue weighted by atomic mass is 9.95. The topological polar surface area (TPSA) is 75.9 Å². The van der Waals surface area contributed by atoms with Crippen molar-refractivity contribution < 1.29 is 18.7 Å². The van der Waals surface area contributed by atoms with E-state index < -0.39 is 5.97 Å². The Bertz CT molecular complexity index is 745. The van der Waals surface area contributed by atoms with E-state index in [2.05, 4.69) is 9.88 Å². The maximum absolute atomic E-state index is 12.8. The van der Waals surface area contributed by atoms with Gasteiger partial charge in [0, 0.05) is 25.0 Å².